The molecule has 1 heterocycles. The van der Waals surface area contributed by atoms with Crippen molar-refractivity contribution in [2.45, 2.75) is 19.8 Å². The van der Waals surface area contributed by atoms with Gasteiger partial charge in [0.15, 0.2) is 0 Å². The van der Waals surface area contributed by atoms with Crippen LogP contribution in [0.15, 0.2) is 35.4 Å². The third kappa shape index (κ3) is 2.56. The van der Waals surface area contributed by atoms with Crippen molar-refractivity contribution < 1.29 is 0 Å². The molecule has 3 nitrogen and oxygen atoms in total. The third-order valence-electron chi connectivity index (χ3n) is 2.55. The molecule has 0 aliphatic carbocycles. The molecule has 0 aliphatic heterocycles. The van der Waals surface area contributed by atoms with Gasteiger partial charge in [0.1, 0.15) is 0 Å². The van der Waals surface area contributed by atoms with E-state index in [1.807, 2.05) is 25.1 Å². The molecule has 0 saturated carbocycles. The molecule has 0 radical (unpaired) electrons. The first kappa shape index (κ1) is 11.9. The number of hydrogen-bond acceptors (Lipinski definition) is 2. The quantitative estimate of drug-likeness (QED) is 0.908. The molecule has 4 heteroatoms. The first-order valence-corrected chi connectivity index (χ1v) is 5.92. The maximum atomic E-state index is 11.8. The summed E-state index contributed by atoms with van der Waals surface area (Å²) < 4.78 is 0. The Bertz CT molecular complexity index is 578. The van der Waals surface area contributed by atoms with Crippen LogP contribution in [-0.4, -0.2) is 9.97 Å². The topological polar surface area (TPSA) is 45.8 Å². The summed E-state index contributed by atoms with van der Waals surface area (Å²) in [6, 6.07) is 7.39. The van der Waals surface area contributed by atoms with Gasteiger partial charge in [0.25, 0.3) is 5.56 Å². The molecule has 2 aromatic rings. The lowest BCUT2D eigenvalue weighted by Gasteiger charge is -2.06. The molecule has 1 aromatic heterocycles. The van der Waals surface area contributed by atoms with E-state index in [2.05, 4.69) is 9.97 Å². The van der Waals surface area contributed by atoms with Gasteiger partial charge >= 0.3 is 0 Å². The molecule has 0 atom stereocenters. The SMILES string of the molecule is CCCc1c(-c2cccc(Cl)c2)nc[nH]c1=O. The van der Waals surface area contributed by atoms with E-state index in [0.29, 0.717) is 11.4 Å². The van der Waals surface area contributed by atoms with E-state index in [1.165, 1.54) is 6.33 Å². The van der Waals surface area contributed by atoms with E-state index in [1.54, 1.807) is 6.07 Å². The average molecular weight is 249 g/mol. The Labute approximate surface area is 104 Å². The Balaban J connectivity index is 2.59. The van der Waals surface area contributed by atoms with Crippen LogP contribution in [0.4, 0.5) is 0 Å². The van der Waals surface area contributed by atoms with E-state index in [9.17, 15) is 4.79 Å². The zero-order chi connectivity index (χ0) is 12.3. The second-order valence-corrected chi connectivity index (χ2v) is 4.26. The third-order valence-corrected chi connectivity index (χ3v) is 2.78. The minimum absolute atomic E-state index is 0.0724. The van der Waals surface area contributed by atoms with Crippen molar-refractivity contribution in [3.8, 4) is 11.3 Å². The first-order chi connectivity index (χ1) is 8.22. The fraction of sp³-hybridized carbons (Fsp3) is 0.231. The Morgan fingerprint density at radius 1 is 1.41 bits per heavy atom. The molecule has 1 aromatic carbocycles. The molecule has 1 N–H and O–H groups in total. The van der Waals surface area contributed by atoms with Gasteiger partial charge in [-0.3, -0.25) is 4.79 Å². The van der Waals surface area contributed by atoms with Gasteiger partial charge in [-0.2, -0.15) is 0 Å². The van der Waals surface area contributed by atoms with Crippen molar-refractivity contribution in [2.24, 2.45) is 0 Å². The van der Waals surface area contributed by atoms with Crippen molar-refractivity contribution in [1.82, 2.24) is 9.97 Å². The number of halogens is 1. The van der Waals surface area contributed by atoms with Gasteiger partial charge in [-0.05, 0) is 18.6 Å². The molecule has 0 aliphatic rings. The van der Waals surface area contributed by atoms with Crippen LogP contribution in [0.5, 0.6) is 0 Å². The second-order valence-electron chi connectivity index (χ2n) is 3.82. The highest BCUT2D eigenvalue weighted by Gasteiger charge is 2.09. The van der Waals surface area contributed by atoms with Gasteiger partial charge in [-0.15, -0.1) is 0 Å². The summed E-state index contributed by atoms with van der Waals surface area (Å²) in [7, 11) is 0. The van der Waals surface area contributed by atoms with Crippen molar-refractivity contribution >= 4 is 11.6 Å². The standard InChI is InChI=1S/C13H13ClN2O/c1-2-4-11-12(15-8-16-13(11)17)9-5-3-6-10(14)7-9/h3,5-8H,2,4H2,1H3,(H,15,16,17). The van der Waals surface area contributed by atoms with Crippen LogP contribution in [0, 0.1) is 0 Å². The fourth-order valence-corrected chi connectivity index (χ4v) is 1.98. The van der Waals surface area contributed by atoms with Gasteiger partial charge in [-0.25, -0.2) is 4.98 Å². The molecule has 0 spiro atoms. The van der Waals surface area contributed by atoms with Gasteiger partial charge in [0.05, 0.1) is 12.0 Å². The highest BCUT2D eigenvalue weighted by atomic mass is 35.5. The number of rotatable bonds is 3. The highest BCUT2D eigenvalue weighted by Crippen LogP contribution is 2.22. The number of nitrogens with zero attached hydrogens (tertiary/aromatic N) is 1. The summed E-state index contributed by atoms with van der Waals surface area (Å²) in [4.78, 5) is 18.6. The maximum Gasteiger partial charge on any atom is 0.254 e. The second kappa shape index (κ2) is 5.15. The first-order valence-electron chi connectivity index (χ1n) is 5.55. The summed E-state index contributed by atoms with van der Waals surface area (Å²) in [6.45, 7) is 2.04. The zero-order valence-electron chi connectivity index (χ0n) is 9.53. The monoisotopic (exact) mass is 248 g/mol. The molecule has 0 fully saturated rings. The van der Waals surface area contributed by atoms with Crippen LogP contribution in [0.3, 0.4) is 0 Å². The van der Waals surface area contributed by atoms with Crippen LogP contribution in [0.25, 0.3) is 11.3 Å². The van der Waals surface area contributed by atoms with Crippen molar-refractivity contribution in [3.63, 3.8) is 0 Å². The lowest BCUT2D eigenvalue weighted by Crippen LogP contribution is -2.14. The minimum Gasteiger partial charge on any atom is -0.313 e. The summed E-state index contributed by atoms with van der Waals surface area (Å²) in [5, 5.41) is 0.645. The van der Waals surface area contributed by atoms with E-state index >= 15 is 0 Å². The number of hydrogen-bond donors (Lipinski definition) is 1. The molecular weight excluding hydrogens is 236 g/mol. The van der Waals surface area contributed by atoms with Crippen LogP contribution in [-0.2, 0) is 6.42 Å². The Morgan fingerprint density at radius 3 is 2.94 bits per heavy atom. The van der Waals surface area contributed by atoms with Crippen molar-refractivity contribution in [2.75, 3.05) is 0 Å². The summed E-state index contributed by atoms with van der Waals surface area (Å²) in [5.74, 6) is 0. The van der Waals surface area contributed by atoms with E-state index in [0.717, 1.165) is 23.2 Å². The smallest absolute Gasteiger partial charge is 0.254 e. The van der Waals surface area contributed by atoms with Crippen LogP contribution in [0.2, 0.25) is 5.02 Å². The molecular formula is C13H13ClN2O. The summed E-state index contributed by atoms with van der Waals surface area (Å²) in [5.41, 5.74) is 2.25. The highest BCUT2D eigenvalue weighted by molar-refractivity contribution is 6.30. The van der Waals surface area contributed by atoms with Crippen molar-refractivity contribution in [3.05, 3.63) is 51.5 Å². The molecule has 0 bridgehead atoms. The van der Waals surface area contributed by atoms with Crippen LogP contribution < -0.4 is 5.56 Å². The Hall–Kier alpha value is -1.61. The molecule has 88 valence electrons. The predicted octanol–water partition coefficient (Wildman–Crippen LogP) is 3.04. The van der Waals surface area contributed by atoms with Gasteiger partial charge in [0, 0.05) is 16.1 Å². The van der Waals surface area contributed by atoms with E-state index in [4.69, 9.17) is 11.6 Å². The maximum absolute atomic E-state index is 11.8. The number of H-pyrrole nitrogens is 1. The number of benzene rings is 1. The number of aromatic nitrogens is 2. The lowest BCUT2D eigenvalue weighted by atomic mass is 10.0. The van der Waals surface area contributed by atoms with Gasteiger partial charge < -0.3 is 4.98 Å². The predicted molar refractivity (Wildman–Crippen MR) is 69.3 cm³/mol. The zero-order valence-corrected chi connectivity index (χ0v) is 10.3. The molecule has 2 rings (SSSR count). The molecule has 0 saturated heterocycles. The van der Waals surface area contributed by atoms with Crippen LogP contribution in [0.1, 0.15) is 18.9 Å². The Morgan fingerprint density at radius 2 is 2.24 bits per heavy atom. The lowest BCUT2D eigenvalue weighted by molar-refractivity contribution is 0.888. The van der Waals surface area contributed by atoms with Crippen molar-refractivity contribution in [1.29, 1.82) is 0 Å². The van der Waals surface area contributed by atoms with E-state index in [-0.39, 0.29) is 5.56 Å². The minimum atomic E-state index is -0.0724. The Kier molecular flexibility index (Phi) is 3.59. The number of nitrogens with one attached hydrogen (secondary N) is 1. The average Bonchev–Trinajstić information content (AvgIpc) is 2.32. The molecule has 17 heavy (non-hydrogen) atoms. The fourth-order valence-electron chi connectivity index (χ4n) is 1.79. The normalized spacial score (nSPS) is 10.5. The van der Waals surface area contributed by atoms with Gasteiger partial charge in [-0.1, -0.05) is 37.1 Å². The van der Waals surface area contributed by atoms with Crippen LogP contribution >= 0.6 is 11.6 Å². The van der Waals surface area contributed by atoms with E-state index < -0.39 is 0 Å². The van der Waals surface area contributed by atoms with Gasteiger partial charge in [0.2, 0.25) is 0 Å². The molecule has 0 amide bonds. The number of aromatic amines is 1. The summed E-state index contributed by atoms with van der Waals surface area (Å²) >= 11 is 5.95. The summed E-state index contributed by atoms with van der Waals surface area (Å²) in [6.07, 6.45) is 3.05. The largest absolute Gasteiger partial charge is 0.313 e. The molecule has 0 unspecified atom stereocenters.